The van der Waals surface area contributed by atoms with E-state index in [2.05, 4.69) is 16.4 Å². The summed E-state index contributed by atoms with van der Waals surface area (Å²) in [5.41, 5.74) is 6.24. The lowest BCUT2D eigenvalue weighted by atomic mass is 10.1. The summed E-state index contributed by atoms with van der Waals surface area (Å²) in [6.07, 6.45) is 4.04. The molecule has 0 radical (unpaired) electrons. The third-order valence-corrected chi connectivity index (χ3v) is 4.28. The molecule has 3 N–H and O–H groups in total. The molecular formula is C16H20ClN5O2. The smallest absolute Gasteiger partial charge is 0.254 e. The first-order valence-corrected chi connectivity index (χ1v) is 8.26. The zero-order valence-electron chi connectivity index (χ0n) is 13.2. The Bertz CT molecular complexity index is 646. The van der Waals surface area contributed by atoms with Crippen LogP contribution in [-0.2, 0) is 4.79 Å². The number of pyridine rings is 1. The molecule has 0 saturated carbocycles. The SMILES string of the molecule is N#C[C@@H]1CCCN1C(=O)C(N)CCCNC(=O)c1cccnc1Cl. The van der Waals surface area contributed by atoms with E-state index in [9.17, 15) is 9.59 Å². The van der Waals surface area contributed by atoms with E-state index in [-0.39, 0.29) is 23.0 Å². The molecule has 1 fully saturated rings. The van der Waals surface area contributed by atoms with Crippen molar-refractivity contribution in [3.8, 4) is 6.07 Å². The second kappa shape index (κ2) is 8.62. The lowest BCUT2D eigenvalue weighted by Gasteiger charge is -2.23. The first-order valence-electron chi connectivity index (χ1n) is 7.89. The summed E-state index contributed by atoms with van der Waals surface area (Å²) in [6.45, 7) is 0.966. The zero-order valence-corrected chi connectivity index (χ0v) is 14.0. The van der Waals surface area contributed by atoms with Crippen LogP contribution in [0.25, 0.3) is 0 Å². The standard InChI is InChI=1S/C16H20ClN5O2/c17-14-12(5-1-7-20-14)15(23)21-8-2-6-13(19)16(24)22-9-3-4-11(22)10-18/h1,5,7,11,13H,2-4,6,8-9,19H2,(H,21,23)/t11-,13?/m0/s1. The Kier molecular flexibility index (Phi) is 6.53. The number of carbonyl (C=O) groups is 2. The highest BCUT2D eigenvalue weighted by Gasteiger charge is 2.31. The van der Waals surface area contributed by atoms with Crippen molar-refractivity contribution >= 4 is 23.4 Å². The number of nitrogens with zero attached hydrogens (tertiary/aromatic N) is 3. The van der Waals surface area contributed by atoms with Crippen LogP contribution in [0, 0.1) is 11.3 Å². The summed E-state index contributed by atoms with van der Waals surface area (Å²) in [4.78, 5) is 29.6. The number of nitrogens with one attached hydrogen (secondary N) is 1. The molecule has 1 unspecified atom stereocenters. The van der Waals surface area contributed by atoms with Crippen molar-refractivity contribution < 1.29 is 9.59 Å². The maximum atomic E-state index is 12.2. The van der Waals surface area contributed by atoms with Crippen LogP contribution in [0.1, 0.15) is 36.0 Å². The molecule has 1 aliphatic heterocycles. The highest BCUT2D eigenvalue weighted by Crippen LogP contribution is 2.18. The van der Waals surface area contributed by atoms with Crippen LogP contribution in [0.2, 0.25) is 5.15 Å². The van der Waals surface area contributed by atoms with Crippen LogP contribution in [0.15, 0.2) is 18.3 Å². The molecule has 1 aromatic heterocycles. The normalized spacial score (nSPS) is 18.0. The maximum absolute atomic E-state index is 12.2. The van der Waals surface area contributed by atoms with Crippen molar-refractivity contribution in [3.63, 3.8) is 0 Å². The average Bonchev–Trinajstić information content (AvgIpc) is 3.06. The first kappa shape index (κ1) is 18.2. The number of likely N-dealkylation sites (tertiary alicyclic amines) is 1. The van der Waals surface area contributed by atoms with Gasteiger partial charge in [-0.05, 0) is 37.8 Å². The average molecular weight is 350 g/mol. The second-order valence-corrected chi connectivity index (χ2v) is 6.02. The van der Waals surface area contributed by atoms with E-state index in [4.69, 9.17) is 22.6 Å². The highest BCUT2D eigenvalue weighted by molar-refractivity contribution is 6.32. The van der Waals surface area contributed by atoms with Gasteiger partial charge in [0, 0.05) is 19.3 Å². The van der Waals surface area contributed by atoms with Gasteiger partial charge in [-0.2, -0.15) is 5.26 Å². The quantitative estimate of drug-likeness (QED) is 0.589. The summed E-state index contributed by atoms with van der Waals surface area (Å²) in [7, 11) is 0. The van der Waals surface area contributed by atoms with Crippen LogP contribution in [-0.4, -0.2) is 46.9 Å². The minimum Gasteiger partial charge on any atom is -0.352 e. The Morgan fingerprint density at radius 1 is 1.58 bits per heavy atom. The van der Waals surface area contributed by atoms with Gasteiger partial charge in [0.1, 0.15) is 11.2 Å². The number of amides is 2. The van der Waals surface area contributed by atoms with E-state index >= 15 is 0 Å². The maximum Gasteiger partial charge on any atom is 0.254 e. The molecule has 0 aliphatic carbocycles. The van der Waals surface area contributed by atoms with Gasteiger partial charge < -0.3 is 16.0 Å². The number of nitrogens with two attached hydrogens (primary N) is 1. The molecule has 2 amide bonds. The zero-order chi connectivity index (χ0) is 17.5. The van der Waals surface area contributed by atoms with Crippen molar-refractivity contribution in [1.82, 2.24) is 15.2 Å². The van der Waals surface area contributed by atoms with E-state index in [1.807, 2.05) is 0 Å². The van der Waals surface area contributed by atoms with Crippen molar-refractivity contribution in [2.45, 2.75) is 37.8 Å². The summed E-state index contributed by atoms with van der Waals surface area (Å²) < 4.78 is 0. The minimum absolute atomic E-state index is 0.151. The van der Waals surface area contributed by atoms with E-state index in [1.54, 1.807) is 17.0 Å². The van der Waals surface area contributed by atoms with Crippen molar-refractivity contribution in [2.75, 3.05) is 13.1 Å². The molecule has 1 saturated heterocycles. The van der Waals surface area contributed by atoms with Gasteiger partial charge in [-0.1, -0.05) is 11.6 Å². The molecule has 1 aromatic rings. The molecule has 0 bridgehead atoms. The van der Waals surface area contributed by atoms with Crippen LogP contribution < -0.4 is 11.1 Å². The molecule has 128 valence electrons. The summed E-state index contributed by atoms with van der Waals surface area (Å²) >= 11 is 5.86. The fourth-order valence-electron chi connectivity index (χ4n) is 2.68. The minimum atomic E-state index is -0.655. The molecule has 0 spiro atoms. The lowest BCUT2D eigenvalue weighted by Crippen LogP contribution is -2.45. The van der Waals surface area contributed by atoms with Crippen LogP contribution in [0.5, 0.6) is 0 Å². The Hall–Kier alpha value is -2.17. The summed E-state index contributed by atoms with van der Waals surface area (Å²) in [5.74, 6) is -0.502. The number of rotatable bonds is 6. The molecule has 0 aromatic carbocycles. The topological polar surface area (TPSA) is 112 Å². The van der Waals surface area contributed by atoms with Gasteiger partial charge >= 0.3 is 0 Å². The number of hydrogen-bond donors (Lipinski definition) is 2. The van der Waals surface area contributed by atoms with Crippen LogP contribution in [0.3, 0.4) is 0 Å². The Labute approximate surface area is 145 Å². The molecule has 1 aliphatic rings. The third kappa shape index (κ3) is 4.43. The number of nitriles is 1. The Balaban J connectivity index is 1.74. The predicted octanol–water partition coefficient (Wildman–Crippen LogP) is 1.09. The van der Waals surface area contributed by atoms with Gasteiger partial charge in [0.2, 0.25) is 5.91 Å². The largest absolute Gasteiger partial charge is 0.352 e. The summed E-state index contributed by atoms with van der Waals surface area (Å²) in [6, 6.07) is 4.34. The fraction of sp³-hybridized carbons (Fsp3) is 0.500. The highest BCUT2D eigenvalue weighted by atomic mass is 35.5. The molecule has 7 nitrogen and oxygen atoms in total. The van der Waals surface area contributed by atoms with E-state index in [0.29, 0.717) is 37.9 Å². The third-order valence-electron chi connectivity index (χ3n) is 3.98. The Morgan fingerprint density at radius 3 is 3.08 bits per heavy atom. The van der Waals surface area contributed by atoms with Crippen LogP contribution in [0.4, 0.5) is 0 Å². The van der Waals surface area contributed by atoms with Crippen molar-refractivity contribution in [1.29, 1.82) is 5.26 Å². The molecular weight excluding hydrogens is 330 g/mol. The molecule has 2 rings (SSSR count). The predicted molar refractivity (Wildman–Crippen MR) is 89.1 cm³/mol. The molecule has 8 heteroatoms. The number of halogens is 1. The number of hydrogen-bond acceptors (Lipinski definition) is 5. The second-order valence-electron chi connectivity index (χ2n) is 5.67. The van der Waals surface area contributed by atoms with Gasteiger partial charge in [-0.25, -0.2) is 4.98 Å². The van der Waals surface area contributed by atoms with E-state index in [0.717, 1.165) is 6.42 Å². The van der Waals surface area contributed by atoms with Gasteiger partial charge in [0.05, 0.1) is 17.7 Å². The van der Waals surface area contributed by atoms with E-state index in [1.165, 1.54) is 6.20 Å². The fourth-order valence-corrected chi connectivity index (χ4v) is 2.88. The first-order chi connectivity index (χ1) is 11.5. The van der Waals surface area contributed by atoms with Crippen molar-refractivity contribution in [2.24, 2.45) is 5.73 Å². The summed E-state index contributed by atoms with van der Waals surface area (Å²) in [5, 5.41) is 11.9. The number of carbonyl (C=O) groups excluding carboxylic acids is 2. The monoisotopic (exact) mass is 349 g/mol. The lowest BCUT2D eigenvalue weighted by molar-refractivity contribution is -0.132. The van der Waals surface area contributed by atoms with Gasteiger partial charge in [-0.3, -0.25) is 9.59 Å². The Morgan fingerprint density at radius 2 is 2.38 bits per heavy atom. The van der Waals surface area contributed by atoms with Gasteiger partial charge in [0.25, 0.3) is 5.91 Å². The van der Waals surface area contributed by atoms with Gasteiger partial charge in [-0.15, -0.1) is 0 Å². The van der Waals surface area contributed by atoms with E-state index < -0.39 is 6.04 Å². The number of aromatic nitrogens is 1. The molecule has 2 heterocycles. The molecule has 24 heavy (non-hydrogen) atoms. The molecule has 2 atom stereocenters. The van der Waals surface area contributed by atoms with Crippen molar-refractivity contribution in [3.05, 3.63) is 29.0 Å². The van der Waals surface area contributed by atoms with Gasteiger partial charge in [0.15, 0.2) is 0 Å². The van der Waals surface area contributed by atoms with Crippen LogP contribution >= 0.6 is 11.6 Å².